The van der Waals surface area contributed by atoms with E-state index in [1.54, 1.807) is 37.4 Å². The summed E-state index contributed by atoms with van der Waals surface area (Å²) in [5.41, 5.74) is 0.719. The standard InChI is InChI=1S/C17H15BrClNO4/c1-20(13-5-3-2-4-6-13)16(21)10-24-17(22)11-23-15-8-7-12(18)9-14(15)19/h2-9H,10-11H2,1H3. The molecule has 0 aromatic heterocycles. The quantitative estimate of drug-likeness (QED) is 0.679. The van der Waals surface area contributed by atoms with Crippen LogP contribution in [0, 0.1) is 0 Å². The van der Waals surface area contributed by atoms with Gasteiger partial charge in [-0.3, -0.25) is 4.79 Å². The van der Waals surface area contributed by atoms with Crippen molar-refractivity contribution in [2.24, 2.45) is 0 Å². The smallest absolute Gasteiger partial charge is 0.344 e. The van der Waals surface area contributed by atoms with E-state index in [2.05, 4.69) is 15.9 Å². The molecule has 2 rings (SSSR count). The van der Waals surface area contributed by atoms with Gasteiger partial charge in [-0.2, -0.15) is 0 Å². The SMILES string of the molecule is CN(C(=O)COC(=O)COc1ccc(Br)cc1Cl)c1ccccc1. The van der Waals surface area contributed by atoms with Crippen LogP contribution in [0.4, 0.5) is 5.69 Å². The predicted octanol–water partition coefficient (Wildman–Crippen LogP) is 3.69. The molecule has 0 aliphatic rings. The first-order valence-electron chi connectivity index (χ1n) is 7.02. The summed E-state index contributed by atoms with van der Waals surface area (Å²) in [6.07, 6.45) is 0. The highest BCUT2D eigenvalue weighted by molar-refractivity contribution is 9.10. The van der Waals surface area contributed by atoms with Crippen molar-refractivity contribution >= 4 is 45.1 Å². The summed E-state index contributed by atoms with van der Waals surface area (Å²) in [5.74, 6) is -0.621. The molecule has 0 unspecified atom stereocenters. The molecule has 0 fully saturated rings. The van der Waals surface area contributed by atoms with Crippen LogP contribution in [0.25, 0.3) is 0 Å². The first-order chi connectivity index (χ1) is 11.5. The highest BCUT2D eigenvalue weighted by Gasteiger charge is 2.14. The molecule has 2 aromatic rings. The van der Waals surface area contributed by atoms with Gasteiger partial charge in [0.1, 0.15) is 5.75 Å². The third-order valence-electron chi connectivity index (χ3n) is 3.11. The predicted molar refractivity (Wildman–Crippen MR) is 95.5 cm³/mol. The van der Waals surface area contributed by atoms with Crippen LogP contribution in [-0.4, -0.2) is 32.1 Å². The Balaban J connectivity index is 1.79. The number of likely N-dealkylation sites (N-methyl/N-ethyl adjacent to an activating group) is 1. The van der Waals surface area contributed by atoms with Crippen LogP contribution in [-0.2, 0) is 14.3 Å². The summed E-state index contributed by atoms with van der Waals surface area (Å²) in [6, 6.07) is 14.1. The number of hydrogen-bond donors (Lipinski definition) is 0. The van der Waals surface area contributed by atoms with Crippen molar-refractivity contribution in [1.82, 2.24) is 0 Å². The molecule has 126 valence electrons. The van der Waals surface area contributed by atoms with Gasteiger partial charge in [0, 0.05) is 17.2 Å². The number of carbonyl (C=O) groups excluding carboxylic acids is 2. The van der Waals surface area contributed by atoms with E-state index in [4.69, 9.17) is 21.1 Å². The number of rotatable bonds is 6. The third kappa shape index (κ3) is 5.25. The lowest BCUT2D eigenvalue weighted by atomic mass is 10.3. The van der Waals surface area contributed by atoms with Crippen molar-refractivity contribution in [3.8, 4) is 5.75 Å². The summed E-state index contributed by atoms with van der Waals surface area (Å²) in [6.45, 7) is -0.689. The van der Waals surface area contributed by atoms with E-state index in [1.807, 2.05) is 18.2 Å². The zero-order chi connectivity index (χ0) is 17.5. The Labute approximate surface area is 153 Å². The molecule has 0 bridgehead atoms. The highest BCUT2D eigenvalue weighted by Crippen LogP contribution is 2.27. The second-order valence-electron chi connectivity index (χ2n) is 4.81. The molecular weight excluding hydrogens is 398 g/mol. The minimum atomic E-state index is -0.649. The largest absolute Gasteiger partial charge is 0.480 e. The first-order valence-corrected chi connectivity index (χ1v) is 8.19. The molecule has 5 nitrogen and oxygen atoms in total. The molecule has 0 saturated carbocycles. The summed E-state index contributed by atoms with van der Waals surface area (Å²) < 4.78 is 11.0. The average Bonchev–Trinajstić information content (AvgIpc) is 2.59. The lowest BCUT2D eigenvalue weighted by molar-refractivity contribution is -0.149. The van der Waals surface area contributed by atoms with Gasteiger partial charge in [-0.05, 0) is 30.3 Å². The molecule has 0 heterocycles. The van der Waals surface area contributed by atoms with Crippen molar-refractivity contribution in [1.29, 1.82) is 0 Å². The fraction of sp³-hybridized carbons (Fsp3) is 0.176. The summed E-state index contributed by atoms with van der Waals surface area (Å²) in [4.78, 5) is 25.1. The Bertz CT molecular complexity index is 724. The number of esters is 1. The zero-order valence-electron chi connectivity index (χ0n) is 12.9. The molecule has 0 saturated heterocycles. The van der Waals surface area contributed by atoms with Crippen LogP contribution in [0.2, 0.25) is 5.02 Å². The molecular formula is C17H15BrClNO4. The van der Waals surface area contributed by atoms with Crippen LogP contribution >= 0.6 is 27.5 Å². The fourth-order valence-electron chi connectivity index (χ4n) is 1.81. The average molecular weight is 413 g/mol. The van der Waals surface area contributed by atoms with E-state index < -0.39 is 5.97 Å². The van der Waals surface area contributed by atoms with Crippen molar-refractivity contribution in [3.63, 3.8) is 0 Å². The van der Waals surface area contributed by atoms with E-state index in [-0.39, 0.29) is 19.1 Å². The topological polar surface area (TPSA) is 55.8 Å². The third-order valence-corrected chi connectivity index (χ3v) is 3.90. The first kappa shape index (κ1) is 18.3. The van der Waals surface area contributed by atoms with Crippen LogP contribution in [0.5, 0.6) is 5.75 Å². The van der Waals surface area contributed by atoms with E-state index in [0.29, 0.717) is 10.8 Å². The Morgan fingerprint density at radius 3 is 2.50 bits per heavy atom. The number of carbonyl (C=O) groups is 2. The monoisotopic (exact) mass is 411 g/mol. The molecule has 0 aliphatic heterocycles. The molecule has 24 heavy (non-hydrogen) atoms. The number of ether oxygens (including phenoxy) is 2. The van der Waals surface area contributed by atoms with Gasteiger partial charge in [0.25, 0.3) is 5.91 Å². The maximum atomic E-state index is 12.0. The highest BCUT2D eigenvalue weighted by atomic mass is 79.9. The Morgan fingerprint density at radius 2 is 1.83 bits per heavy atom. The van der Waals surface area contributed by atoms with Crippen molar-refractivity contribution in [2.45, 2.75) is 0 Å². The number of benzene rings is 2. The Kier molecular flexibility index (Phi) is 6.63. The molecule has 0 aliphatic carbocycles. The van der Waals surface area contributed by atoms with Crippen molar-refractivity contribution in [2.75, 3.05) is 25.2 Å². The van der Waals surface area contributed by atoms with Crippen LogP contribution < -0.4 is 9.64 Å². The van der Waals surface area contributed by atoms with Gasteiger partial charge in [0.15, 0.2) is 13.2 Å². The Hall–Kier alpha value is -2.05. The molecule has 0 N–H and O–H groups in total. The fourth-order valence-corrected chi connectivity index (χ4v) is 2.53. The number of anilines is 1. The summed E-state index contributed by atoms with van der Waals surface area (Å²) >= 11 is 9.26. The van der Waals surface area contributed by atoms with Crippen LogP contribution in [0.15, 0.2) is 53.0 Å². The molecule has 0 spiro atoms. The summed E-state index contributed by atoms with van der Waals surface area (Å²) in [5, 5.41) is 0.372. The molecule has 0 radical (unpaired) electrons. The number of halogens is 2. The molecule has 0 atom stereocenters. The second-order valence-corrected chi connectivity index (χ2v) is 6.14. The van der Waals surface area contributed by atoms with Crippen LogP contribution in [0.3, 0.4) is 0 Å². The Morgan fingerprint density at radius 1 is 1.12 bits per heavy atom. The summed E-state index contributed by atoms with van der Waals surface area (Å²) in [7, 11) is 1.61. The number of nitrogens with zero attached hydrogens (tertiary/aromatic N) is 1. The maximum absolute atomic E-state index is 12.0. The minimum absolute atomic E-state index is 0.330. The maximum Gasteiger partial charge on any atom is 0.344 e. The zero-order valence-corrected chi connectivity index (χ0v) is 15.2. The number of hydrogen-bond acceptors (Lipinski definition) is 4. The van der Waals surface area contributed by atoms with E-state index in [1.165, 1.54) is 4.90 Å². The normalized spacial score (nSPS) is 10.1. The number of para-hydroxylation sites is 1. The van der Waals surface area contributed by atoms with Gasteiger partial charge in [-0.15, -0.1) is 0 Å². The van der Waals surface area contributed by atoms with Gasteiger partial charge in [0.05, 0.1) is 5.02 Å². The molecule has 7 heteroatoms. The van der Waals surface area contributed by atoms with Gasteiger partial charge >= 0.3 is 5.97 Å². The van der Waals surface area contributed by atoms with Gasteiger partial charge < -0.3 is 14.4 Å². The number of amides is 1. The van der Waals surface area contributed by atoms with E-state index >= 15 is 0 Å². The van der Waals surface area contributed by atoms with Crippen molar-refractivity contribution < 1.29 is 19.1 Å². The molecule has 1 amide bonds. The lowest BCUT2D eigenvalue weighted by Gasteiger charge is -2.17. The van der Waals surface area contributed by atoms with E-state index in [9.17, 15) is 9.59 Å². The van der Waals surface area contributed by atoms with Gasteiger partial charge in [-0.1, -0.05) is 45.7 Å². The van der Waals surface area contributed by atoms with Gasteiger partial charge in [0.2, 0.25) is 0 Å². The lowest BCUT2D eigenvalue weighted by Crippen LogP contribution is -2.31. The van der Waals surface area contributed by atoms with Crippen molar-refractivity contribution in [3.05, 3.63) is 58.0 Å². The minimum Gasteiger partial charge on any atom is -0.480 e. The van der Waals surface area contributed by atoms with Gasteiger partial charge in [-0.25, -0.2) is 4.79 Å². The van der Waals surface area contributed by atoms with Crippen LogP contribution in [0.1, 0.15) is 0 Å². The molecule has 2 aromatic carbocycles. The second kappa shape index (κ2) is 8.70. The van der Waals surface area contributed by atoms with E-state index in [0.717, 1.165) is 10.2 Å².